The minimum Gasteiger partial charge on any atom is -0.309 e. The maximum absolute atomic E-state index is 18.5. The van der Waals surface area contributed by atoms with Gasteiger partial charge in [-0.3, -0.25) is 19.9 Å². The minimum atomic E-state index is -5.15. The number of pyridine rings is 4. The first-order valence-corrected chi connectivity index (χ1v) is 30.3. The van der Waals surface area contributed by atoms with Gasteiger partial charge in [-0.05, 0) is 113 Å². The number of fused-ring (bicyclic) bond motifs is 13. The number of benzene rings is 10. The highest BCUT2D eigenvalue weighted by Gasteiger charge is 2.37. The monoisotopic (exact) mass is 1230 g/mol. The molecule has 0 atom stereocenters. The molecule has 0 aliphatic carbocycles. The van der Waals surface area contributed by atoms with Crippen LogP contribution in [0, 0.1) is 23.3 Å². The van der Waals surface area contributed by atoms with Gasteiger partial charge in [-0.2, -0.15) is 13.2 Å². The summed E-state index contributed by atoms with van der Waals surface area (Å²) >= 11 is 0. The number of aromatic nitrogens is 6. The fourth-order valence-electron chi connectivity index (χ4n) is 13.4. The average molecular weight is 1240 g/mol. The summed E-state index contributed by atoms with van der Waals surface area (Å²) in [6, 6.07) is 74.7. The van der Waals surface area contributed by atoms with Crippen molar-refractivity contribution in [2.75, 3.05) is 0 Å². The van der Waals surface area contributed by atoms with Crippen LogP contribution in [0.15, 0.2) is 274 Å². The zero-order valence-corrected chi connectivity index (χ0v) is 49.3. The summed E-state index contributed by atoms with van der Waals surface area (Å²) in [5.41, 5.74) is 10.3. The predicted molar refractivity (Wildman–Crippen MR) is 361 cm³/mol. The number of rotatable bonds is 9. The second kappa shape index (κ2) is 21.8. The van der Waals surface area contributed by atoms with Crippen molar-refractivity contribution in [2.24, 2.45) is 0 Å². The summed E-state index contributed by atoms with van der Waals surface area (Å²) in [4.78, 5) is 19.1. The van der Waals surface area contributed by atoms with E-state index in [1.54, 1.807) is 79.4 Å². The van der Waals surface area contributed by atoms with Crippen LogP contribution in [0.2, 0.25) is 0 Å². The van der Waals surface area contributed by atoms with Crippen LogP contribution < -0.4 is 0 Å². The fraction of sp³-hybridized carbons (Fsp3) is 0.0123. The van der Waals surface area contributed by atoms with Crippen molar-refractivity contribution in [1.29, 1.82) is 0 Å². The molecule has 0 aliphatic rings. The van der Waals surface area contributed by atoms with Gasteiger partial charge in [0.25, 0.3) is 0 Å². The van der Waals surface area contributed by atoms with E-state index in [4.69, 9.17) is 19.9 Å². The lowest BCUT2D eigenvalue weighted by molar-refractivity contribution is -0.137. The molecule has 0 aliphatic heterocycles. The van der Waals surface area contributed by atoms with Crippen molar-refractivity contribution in [3.8, 4) is 95.2 Å². The Balaban J connectivity index is 0.954. The Morgan fingerprint density at radius 3 is 1.03 bits per heavy atom. The second-order valence-electron chi connectivity index (χ2n) is 23.4. The number of hydrogen-bond donors (Lipinski definition) is 0. The molecule has 7 aromatic heterocycles. The number of nitrogens with zero attached hydrogens (tertiary/aromatic N) is 6. The van der Waals surface area contributed by atoms with Gasteiger partial charge in [0.1, 0.15) is 5.82 Å². The summed E-state index contributed by atoms with van der Waals surface area (Å²) in [6.45, 7) is 0. The van der Waals surface area contributed by atoms with E-state index < -0.39 is 56.9 Å². The maximum atomic E-state index is 18.5. The van der Waals surface area contributed by atoms with Crippen LogP contribution in [0.3, 0.4) is 0 Å². The molecule has 6 nitrogen and oxygen atoms in total. The summed E-state index contributed by atoms with van der Waals surface area (Å²) in [7, 11) is 0. The lowest BCUT2D eigenvalue weighted by atomic mass is 9.95. The van der Waals surface area contributed by atoms with Gasteiger partial charge in [0, 0.05) is 96.2 Å². The van der Waals surface area contributed by atoms with E-state index in [2.05, 4.69) is 0 Å². The zero-order chi connectivity index (χ0) is 63.5. The second-order valence-corrected chi connectivity index (χ2v) is 23.4. The van der Waals surface area contributed by atoms with Crippen molar-refractivity contribution in [3.05, 3.63) is 302 Å². The Morgan fingerprint density at radius 1 is 0.266 bits per heavy atom. The molecule has 0 N–H and O–H groups in total. The molecule has 0 spiro atoms. The van der Waals surface area contributed by atoms with Crippen LogP contribution in [0.5, 0.6) is 0 Å². The first kappa shape index (κ1) is 55.9. The van der Waals surface area contributed by atoms with Crippen LogP contribution in [0.4, 0.5) is 30.7 Å². The van der Waals surface area contributed by atoms with Gasteiger partial charge in [-0.1, -0.05) is 164 Å². The van der Waals surface area contributed by atoms with Crippen LogP contribution in [-0.2, 0) is 6.18 Å². The molecule has 10 aromatic carbocycles. The van der Waals surface area contributed by atoms with Crippen LogP contribution in [0.1, 0.15) is 5.56 Å². The average Bonchev–Trinajstić information content (AvgIpc) is 1.52. The van der Waals surface area contributed by atoms with E-state index in [9.17, 15) is 0 Å². The molecular formula is C81H45F7N6. The van der Waals surface area contributed by atoms with Crippen LogP contribution in [0.25, 0.3) is 166 Å². The smallest absolute Gasteiger partial charge is 0.309 e. The standard InChI is InChI=1S/C81H45F7N6/c82-77-75-62-39-72-61(38-57(62)56-24-31-68(92-45-56)49-19-11-4-12-20-49)60-37-52(55-23-30-67(91-44-55)48-17-9-3-10-18-48)27-34-71(60)94(72)73-41-64(81(86,87)88)74(40-63(73)76(77)79(84)80(85)78(75)83)93-69-32-25-50(53-21-28-65(89-42-53)46-13-5-1-6-14-46)35-58(69)59-36-51(26-33-70(59)93)54-22-29-66(90-43-54)47-15-7-2-8-16-47/h1-45H. The number of alkyl halides is 3. The molecule has 0 saturated heterocycles. The van der Waals surface area contributed by atoms with Crippen molar-refractivity contribution in [3.63, 3.8) is 0 Å². The highest BCUT2D eigenvalue weighted by Crippen LogP contribution is 2.48. The van der Waals surface area contributed by atoms with E-state index >= 15 is 30.7 Å². The molecule has 94 heavy (non-hydrogen) atoms. The van der Waals surface area contributed by atoms with E-state index in [0.29, 0.717) is 66.0 Å². The molecular weight excluding hydrogens is 1190 g/mol. The third kappa shape index (κ3) is 9.17. The van der Waals surface area contributed by atoms with E-state index in [1.165, 1.54) is 15.0 Å². The molecule has 0 fully saturated rings. The lowest BCUT2D eigenvalue weighted by Crippen LogP contribution is -2.11. The van der Waals surface area contributed by atoms with Gasteiger partial charge in [0.15, 0.2) is 17.5 Å². The van der Waals surface area contributed by atoms with Gasteiger partial charge < -0.3 is 8.97 Å². The summed E-state index contributed by atoms with van der Waals surface area (Å²) in [5.74, 6) is -7.27. The van der Waals surface area contributed by atoms with Crippen molar-refractivity contribution < 1.29 is 30.7 Å². The number of hydrogen-bond acceptors (Lipinski definition) is 4. The minimum absolute atomic E-state index is 0.185. The molecule has 7 heterocycles. The highest BCUT2D eigenvalue weighted by molar-refractivity contribution is 6.19. The van der Waals surface area contributed by atoms with Gasteiger partial charge in [-0.25, -0.2) is 17.6 Å². The largest absolute Gasteiger partial charge is 0.418 e. The summed E-state index contributed by atoms with van der Waals surface area (Å²) in [5, 5.41) is -0.576. The van der Waals surface area contributed by atoms with E-state index in [0.717, 1.165) is 68.2 Å². The summed E-state index contributed by atoms with van der Waals surface area (Å²) < 4.78 is 124. The fourth-order valence-corrected chi connectivity index (χ4v) is 13.4. The lowest BCUT2D eigenvalue weighted by Gasteiger charge is -2.18. The topological polar surface area (TPSA) is 60.9 Å². The molecule has 17 rings (SSSR count). The molecule has 17 aromatic rings. The molecule has 4 bridgehead atoms. The first-order valence-electron chi connectivity index (χ1n) is 30.3. The van der Waals surface area contributed by atoms with Gasteiger partial charge in [0.05, 0.1) is 72.4 Å². The third-order valence-corrected chi connectivity index (χ3v) is 18.0. The molecule has 13 heteroatoms. The molecule has 0 radical (unpaired) electrons. The molecule has 0 amide bonds. The normalized spacial score (nSPS) is 12.0. The van der Waals surface area contributed by atoms with Gasteiger partial charge in [-0.15, -0.1) is 0 Å². The van der Waals surface area contributed by atoms with Crippen LogP contribution >= 0.6 is 0 Å². The molecule has 448 valence electrons. The first-order chi connectivity index (χ1) is 45.9. The third-order valence-electron chi connectivity index (χ3n) is 18.0. The Hall–Kier alpha value is -12.1. The highest BCUT2D eigenvalue weighted by atomic mass is 19.4. The quantitative estimate of drug-likeness (QED) is 0.0821. The SMILES string of the molecule is Fc1c(F)c2c(F)c(c1F)c1cc(-n3c4ccc(-c5ccc(-c6ccccc6)nc5)cc4c4cc(-c5ccc(-c6ccccc6)nc5)ccc43)c(C(F)(F)F)cc1n1c3ccc(-c4ccc(-c5ccccc5)nc4)cc3c3cc(-c4ccc(-c5ccccc5)nc4)c2cc31. The Morgan fingerprint density at radius 2 is 0.628 bits per heavy atom. The molecule has 0 unspecified atom stereocenters. The van der Waals surface area contributed by atoms with Crippen molar-refractivity contribution in [2.45, 2.75) is 6.18 Å². The number of halogens is 7. The van der Waals surface area contributed by atoms with Crippen molar-refractivity contribution >= 4 is 70.7 Å². The van der Waals surface area contributed by atoms with Crippen molar-refractivity contribution in [1.82, 2.24) is 28.9 Å². The van der Waals surface area contributed by atoms with E-state index in [-0.39, 0.29) is 22.0 Å². The maximum Gasteiger partial charge on any atom is 0.418 e. The predicted octanol–water partition coefficient (Wildman–Crippen LogP) is 22.1. The molecule has 0 saturated carbocycles. The Bertz CT molecular complexity index is 5740. The zero-order valence-electron chi connectivity index (χ0n) is 49.3. The van der Waals surface area contributed by atoms with Gasteiger partial charge >= 0.3 is 6.18 Å². The Kier molecular flexibility index (Phi) is 13.0. The van der Waals surface area contributed by atoms with Gasteiger partial charge in [0.2, 0.25) is 0 Å². The van der Waals surface area contributed by atoms with E-state index in [1.807, 2.05) is 176 Å². The summed E-state index contributed by atoms with van der Waals surface area (Å²) in [6.07, 6.45) is 1.62. The Labute approximate surface area is 531 Å². The van der Waals surface area contributed by atoms with Crippen LogP contribution in [-0.4, -0.2) is 28.9 Å².